The third kappa shape index (κ3) is 4.07. The maximum Gasteiger partial charge on any atom is 0.251 e. The Labute approximate surface area is 121 Å². The fourth-order valence-corrected chi connectivity index (χ4v) is 2.58. The molecule has 1 aliphatic rings. The number of benzene rings is 1. The summed E-state index contributed by atoms with van der Waals surface area (Å²) in [6.45, 7) is 5.02. The van der Waals surface area contributed by atoms with Gasteiger partial charge in [-0.05, 0) is 50.3 Å². The molecule has 3 nitrogen and oxygen atoms in total. The fraction of sp³-hybridized carbons (Fsp3) is 0.588. The molecule has 1 N–H and O–H groups in total. The Morgan fingerprint density at radius 3 is 2.75 bits per heavy atom. The maximum absolute atomic E-state index is 12.2. The minimum absolute atomic E-state index is 0.00459. The number of carbonyl (C=O) groups excluding carboxylic acids is 1. The van der Waals surface area contributed by atoms with Gasteiger partial charge in [-0.25, -0.2) is 0 Å². The van der Waals surface area contributed by atoms with Crippen LogP contribution in [0.2, 0.25) is 0 Å². The van der Waals surface area contributed by atoms with Gasteiger partial charge in [0, 0.05) is 12.2 Å². The summed E-state index contributed by atoms with van der Waals surface area (Å²) in [4.78, 5) is 12.2. The third-order valence-electron chi connectivity index (χ3n) is 3.92. The smallest absolute Gasteiger partial charge is 0.251 e. The predicted octanol–water partition coefficient (Wildman–Crippen LogP) is 3.33. The molecule has 0 aliphatic carbocycles. The summed E-state index contributed by atoms with van der Waals surface area (Å²) in [5, 5.41) is 3.04. The zero-order chi connectivity index (χ0) is 14.4. The zero-order valence-electron chi connectivity index (χ0n) is 12.5. The van der Waals surface area contributed by atoms with Crippen molar-refractivity contribution >= 4 is 5.91 Å². The standard InChI is InChI=1S/C17H25NO2/c1-3-4-6-14-8-10-15(11-9-14)17(19)18-13(2)16-7-5-12-20-16/h8-11,13,16H,3-7,12H2,1-2H3,(H,18,19). The Morgan fingerprint density at radius 2 is 2.15 bits per heavy atom. The average molecular weight is 275 g/mol. The maximum atomic E-state index is 12.2. The summed E-state index contributed by atoms with van der Waals surface area (Å²) < 4.78 is 5.60. The number of aryl methyl sites for hydroxylation is 1. The van der Waals surface area contributed by atoms with Crippen molar-refractivity contribution in [3.63, 3.8) is 0 Å². The topological polar surface area (TPSA) is 38.3 Å². The highest BCUT2D eigenvalue weighted by atomic mass is 16.5. The number of hydrogen-bond acceptors (Lipinski definition) is 2. The van der Waals surface area contributed by atoms with Gasteiger partial charge >= 0.3 is 0 Å². The van der Waals surface area contributed by atoms with Gasteiger partial charge in [-0.1, -0.05) is 25.5 Å². The van der Waals surface area contributed by atoms with Gasteiger partial charge in [0.05, 0.1) is 12.1 Å². The van der Waals surface area contributed by atoms with Gasteiger partial charge in [0.15, 0.2) is 0 Å². The van der Waals surface area contributed by atoms with Crippen LogP contribution in [-0.2, 0) is 11.2 Å². The number of nitrogens with one attached hydrogen (secondary N) is 1. The number of unbranched alkanes of at least 4 members (excludes halogenated alkanes) is 1. The Balaban J connectivity index is 1.88. The van der Waals surface area contributed by atoms with E-state index in [1.165, 1.54) is 18.4 Å². The lowest BCUT2D eigenvalue weighted by Gasteiger charge is -2.20. The third-order valence-corrected chi connectivity index (χ3v) is 3.92. The molecule has 0 radical (unpaired) electrons. The van der Waals surface area contributed by atoms with E-state index >= 15 is 0 Å². The number of rotatable bonds is 6. The molecule has 0 saturated carbocycles. The van der Waals surface area contributed by atoms with Crippen molar-refractivity contribution in [1.82, 2.24) is 5.32 Å². The summed E-state index contributed by atoms with van der Waals surface area (Å²) in [7, 11) is 0. The lowest BCUT2D eigenvalue weighted by molar-refractivity contribution is 0.0712. The van der Waals surface area contributed by atoms with E-state index in [4.69, 9.17) is 4.74 Å². The van der Waals surface area contributed by atoms with Crippen LogP contribution in [0.15, 0.2) is 24.3 Å². The van der Waals surface area contributed by atoms with E-state index in [2.05, 4.69) is 24.4 Å². The largest absolute Gasteiger partial charge is 0.376 e. The fourth-order valence-electron chi connectivity index (χ4n) is 2.58. The van der Waals surface area contributed by atoms with Gasteiger partial charge in [0.1, 0.15) is 0 Å². The molecule has 3 heteroatoms. The van der Waals surface area contributed by atoms with Crippen molar-refractivity contribution in [2.24, 2.45) is 0 Å². The van der Waals surface area contributed by atoms with Crippen LogP contribution in [0.4, 0.5) is 0 Å². The lowest BCUT2D eigenvalue weighted by atomic mass is 10.1. The molecule has 0 bridgehead atoms. The Hall–Kier alpha value is -1.35. The van der Waals surface area contributed by atoms with Crippen LogP contribution in [0.1, 0.15) is 55.5 Å². The Morgan fingerprint density at radius 1 is 1.40 bits per heavy atom. The molecule has 1 heterocycles. The number of amides is 1. The summed E-state index contributed by atoms with van der Waals surface area (Å²) >= 11 is 0. The predicted molar refractivity (Wildman–Crippen MR) is 81.0 cm³/mol. The molecule has 1 aromatic rings. The first-order valence-electron chi connectivity index (χ1n) is 7.72. The van der Waals surface area contributed by atoms with E-state index in [0.717, 1.165) is 31.4 Å². The second-order valence-corrected chi connectivity index (χ2v) is 5.61. The summed E-state index contributed by atoms with van der Waals surface area (Å²) in [6, 6.07) is 8.03. The summed E-state index contributed by atoms with van der Waals surface area (Å²) in [5.74, 6) is -0.00459. The Bertz CT molecular complexity index is 421. The van der Waals surface area contributed by atoms with Crippen LogP contribution >= 0.6 is 0 Å². The summed E-state index contributed by atoms with van der Waals surface area (Å²) in [6.07, 6.45) is 5.78. The number of ether oxygens (including phenoxy) is 1. The molecule has 2 unspecified atom stereocenters. The highest BCUT2D eigenvalue weighted by molar-refractivity contribution is 5.94. The van der Waals surface area contributed by atoms with Crippen molar-refractivity contribution in [3.05, 3.63) is 35.4 Å². The van der Waals surface area contributed by atoms with Crippen LogP contribution < -0.4 is 5.32 Å². The molecule has 1 fully saturated rings. The van der Waals surface area contributed by atoms with Crippen molar-refractivity contribution < 1.29 is 9.53 Å². The molecule has 20 heavy (non-hydrogen) atoms. The molecule has 110 valence electrons. The molecule has 1 amide bonds. The van der Waals surface area contributed by atoms with Crippen molar-refractivity contribution in [2.75, 3.05) is 6.61 Å². The SMILES string of the molecule is CCCCc1ccc(C(=O)NC(C)C2CCCO2)cc1. The van der Waals surface area contributed by atoms with Crippen LogP contribution in [0.3, 0.4) is 0 Å². The van der Waals surface area contributed by atoms with Gasteiger partial charge < -0.3 is 10.1 Å². The van der Waals surface area contributed by atoms with Gasteiger partial charge in [-0.15, -0.1) is 0 Å². The highest BCUT2D eigenvalue weighted by Crippen LogP contribution is 2.16. The molecule has 2 atom stereocenters. The Kier molecular flexibility index (Phi) is 5.60. The number of hydrogen-bond donors (Lipinski definition) is 1. The highest BCUT2D eigenvalue weighted by Gasteiger charge is 2.23. The van der Waals surface area contributed by atoms with Gasteiger partial charge in [-0.2, -0.15) is 0 Å². The van der Waals surface area contributed by atoms with Crippen LogP contribution in [-0.4, -0.2) is 24.7 Å². The van der Waals surface area contributed by atoms with Gasteiger partial charge in [-0.3, -0.25) is 4.79 Å². The average Bonchev–Trinajstić information content (AvgIpc) is 3.00. The van der Waals surface area contributed by atoms with Crippen LogP contribution in [0.5, 0.6) is 0 Å². The molecule has 2 rings (SSSR count). The van der Waals surface area contributed by atoms with Gasteiger partial charge in [0.25, 0.3) is 5.91 Å². The van der Waals surface area contributed by atoms with Crippen LogP contribution in [0, 0.1) is 0 Å². The van der Waals surface area contributed by atoms with E-state index < -0.39 is 0 Å². The molecular weight excluding hydrogens is 250 g/mol. The van der Waals surface area contributed by atoms with Gasteiger partial charge in [0.2, 0.25) is 0 Å². The van der Waals surface area contributed by atoms with E-state index in [1.807, 2.05) is 19.1 Å². The second kappa shape index (κ2) is 7.44. The quantitative estimate of drug-likeness (QED) is 0.865. The molecular formula is C17H25NO2. The van der Waals surface area contributed by atoms with E-state index in [-0.39, 0.29) is 18.1 Å². The minimum Gasteiger partial charge on any atom is -0.376 e. The summed E-state index contributed by atoms with van der Waals surface area (Å²) in [5.41, 5.74) is 2.03. The van der Waals surface area contributed by atoms with E-state index in [0.29, 0.717) is 0 Å². The van der Waals surface area contributed by atoms with E-state index in [9.17, 15) is 4.79 Å². The van der Waals surface area contributed by atoms with E-state index in [1.54, 1.807) is 0 Å². The number of carbonyl (C=O) groups is 1. The first-order valence-corrected chi connectivity index (χ1v) is 7.72. The lowest BCUT2D eigenvalue weighted by Crippen LogP contribution is -2.40. The molecule has 0 aromatic heterocycles. The van der Waals surface area contributed by atoms with Crippen molar-refractivity contribution in [2.45, 2.75) is 58.1 Å². The van der Waals surface area contributed by atoms with Crippen molar-refractivity contribution in [1.29, 1.82) is 0 Å². The molecule has 1 aliphatic heterocycles. The normalized spacial score (nSPS) is 19.8. The molecule has 1 saturated heterocycles. The monoisotopic (exact) mass is 275 g/mol. The first-order chi connectivity index (χ1) is 9.70. The zero-order valence-corrected chi connectivity index (χ0v) is 12.5. The van der Waals surface area contributed by atoms with Crippen molar-refractivity contribution in [3.8, 4) is 0 Å². The van der Waals surface area contributed by atoms with Crippen LogP contribution in [0.25, 0.3) is 0 Å². The second-order valence-electron chi connectivity index (χ2n) is 5.61. The molecule has 1 aromatic carbocycles. The molecule has 0 spiro atoms. The minimum atomic E-state index is -0.00459. The first kappa shape index (κ1) is 15.0.